The molecule has 2 aromatic rings. The third-order valence-corrected chi connectivity index (χ3v) is 3.94. The van der Waals surface area contributed by atoms with E-state index < -0.39 is 0 Å². The van der Waals surface area contributed by atoms with Gasteiger partial charge < -0.3 is 4.98 Å². The van der Waals surface area contributed by atoms with Gasteiger partial charge in [-0.05, 0) is 53.7 Å². The van der Waals surface area contributed by atoms with Crippen molar-refractivity contribution < 1.29 is 4.39 Å². The predicted molar refractivity (Wildman–Crippen MR) is 68.9 cm³/mol. The van der Waals surface area contributed by atoms with E-state index in [9.17, 15) is 9.18 Å². The molecule has 0 unspecified atom stereocenters. The van der Waals surface area contributed by atoms with Gasteiger partial charge in [-0.25, -0.2) is 4.39 Å². The van der Waals surface area contributed by atoms with Gasteiger partial charge in [0, 0.05) is 16.6 Å². The van der Waals surface area contributed by atoms with Crippen LogP contribution in [0.5, 0.6) is 0 Å². The van der Waals surface area contributed by atoms with Crippen LogP contribution in [-0.4, -0.2) is 4.98 Å². The molecule has 4 heteroatoms. The van der Waals surface area contributed by atoms with Crippen LogP contribution in [0.15, 0.2) is 21.4 Å². The number of aromatic nitrogens is 1. The Labute approximate surface area is 106 Å². The molecule has 3 rings (SSSR count). The van der Waals surface area contributed by atoms with Crippen molar-refractivity contribution in [2.45, 2.75) is 25.7 Å². The molecular weight excluding hydrogens is 285 g/mol. The first kappa shape index (κ1) is 11.0. The number of benzene rings is 1. The number of aryl methyl sites for hydroxylation is 1. The molecule has 0 amide bonds. The van der Waals surface area contributed by atoms with E-state index in [1.165, 1.54) is 6.07 Å². The van der Waals surface area contributed by atoms with Gasteiger partial charge in [0.25, 0.3) is 0 Å². The molecule has 1 aliphatic carbocycles. The second-order valence-corrected chi connectivity index (χ2v) is 5.28. The Morgan fingerprint density at radius 2 is 2.00 bits per heavy atom. The number of fused-ring (bicyclic) bond motifs is 2. The minimum atomic E-state index is -0.344. The standard InChI is InChI=1S/C13H11BrFNO/c14-9-5-8-12(6-10(9)15)16-11-4-2-1-3-7(11)13(8)17/h5-6H,1-4H2,(H,16,17). The highest BCUT2D eigenvalue weighted by molar-refractivity contribution is 9.10. The molecular formula is C13H11BrFNO. The van der Waals surface area contributed by atoms with Crippen LogP contribution in [0.25, 0.3) is 10.9 Å². The summed E-state index contributed by atoms with van der Waals surface area (Å²) in [4.78, 5) is 15.5. The van der Waals surface area contributed by atoms with Gasteiger partial charge >= 0.3 is 0 Å². The largest absolute Gasteiger partial charge is 0.358 e. The first-order valence-corrected chi connectivity index (χ1v) is 6.49. The second-order valence-electron chi connectivity index (χ2n) is 4.43. The Balaban J connectivity index is 2.40. The molecule has 1 aromatic heterocycles. The fourth-order valence-electron chi connectivity index (χ4n) is 2.46. The summed E-state index contributed by atoms with van der Waals surface area (Å²) in [5, 5.41) is 0.568. The Morgan fingerprint density at radius 3 is 2.82 bits per heavy atom. The lowest BCUT2D eigenvalue weighted by atomic mass is 9.94. The van der Waals surface area contributed by atoms with Crippen molar-refractivity contribution in [3.8, 4) is 0 Å². The first-order valence-electron chi connectivity index (χ1n) is 5.69. The average molecular weight is 296 g/mol. The molecule has 2 nitrogen and oxygen atoms in total. The third-order valence-electron chi connectivity index (χ3n) is 3.33. The summed E-state index contributed by atoms with van der Waals surface area (Å²) in [5.41, 5.74) is 2.50. The number of H-pyrrole nitrogens is 1. The van der Waals surface area contributed by atoms with Crippen molar-refractivity contribution in [2.75, 3.05) is 0 Å². The maximum Gasteiger partial charge on any atom is 0.192 e. The normalized spacial score (nSPS) is 14.9. The van der Waals surface area contributed by atoms with Gasteiger partial charge in [0.15, 0.2) is 5.43 Å². The van der Waals surface area contributed by atoms with Gasteiger partial charge in [0.1, 0.15) is 5.82 Å². The van der Waals surface area contributed by atoms with Crippen molar-refractivity contribution in [3.63, 3.8) is 0 Å². The molecule has 0 saturated carbocycles. The van der Waals surface area contributed by atoms with Gasteiger partial charge in [-0.1, -0.05) is 0 Å². The van der Waals surface area contributed by atoms with Crippen LogP contribution < -0.4 is 5.43 Å². The summed E-state index contributed by atoms with van der Waals surface area (Å²) < 4.78 is 13.8. The molecule has 17 heavy (non-hydrogen) atoms. The predicted octanol–water partition coefficient (Wildman–Crippen LogP) is 3.31. The van der Waals surface area contributed by atoms with Crippen LogP contribution >= 0.6 is 15.9 Å². The molecule has 88 valence electrons. The number of hydrogen-bond acceptors (Lipinski definition) is 1. The van der Waals surface area contributed by atoms with Crippen LogP contribution in [0, 0.1) is 5.82 Å². The topological polar surface area (TPSA) is 32.9 Å². The minimum Gasteiger partial charge on any atom is -0.358 e. The van der Waals surface area contributed by atoms with Crippen molar-refractivity contribution >= 4 is 26.8 Å². The number of hydrogen-bond donors (Lipinski definition) is 1. The minimum absolute atomic E-state index is 0.0501. The van der Waals surface area contributed by atoms with Crippen LogP contribution in [0.1, 0.15) is 24.1 Å². The van der Waals surface area contributed by atoms with Crippen LogP contribution in [-0.2, 0) is 12.8 Å². The number of halogens is 2. The zero-order chi connectivity index (χ0) is 12.0. The molecule has 0 radical (unpaired) electrons. The van der Waals surface area contributed by atoms with E-state index in [4.69, 9.17) is 0 Å². The zero-order valence-corrected chi connectivity index (χ0v) is 10.7. The van der Waals surface area contributed by atoms with Crippen LogP contribution in [0.2, 0.25) is 0 Å². The Morgan fingerprint density at radius 1 is 1.24 bits per heavy atom. The lowest BCUT2D eigenvalue weighted by molar-refractivity contribution is 0.622. The van der Waals surface area contributed by atoms with E-state index in [1.54, 1.807) is 6.07 Å². The molecule has 0 spiro atoms. The maximum absolute atomic E-state index is 13.4. The van der Waals surface area contributed by atoms with E-state index in [0.29, 0.717) is 15.4 Å². The van der Waals surface area contributed by atoms with E-state index in [1.807, 2.05) is 0 Å². The summed E-state index contributed by atoms with van der Waals surface area (Å²) >= 11 is 3.12. The first-order chi connectivity index (χ1) is 8.16. The molecule has 0 atom stereocenters. The molecule has 0 aliphatic heterocycles. The fraction of sp³-hybridized carbons (Fsp3) is 0.308. The summed E-state index contributed by atoms with van der Waals surface area (Å²) in [6, 6.07) is 2.95. The number of pyridine rings is 1. The van der Waals surface area contributed by atoms with Gasteiger partial charge in [0.05, 0.1) is 9.99 Å². The number of nitrogens with one attached hydrogen (secondary N) is 1. The van der Waals surface area contributed by atoms with E-state index in [-0.39, 0.29) is 11.2 Å². The number of rotatable bonds is 0. The Kier molecular flexibility index (Phi) is 2.54. The van der Waals surface area contributed by atoms with Crippen molar-refractivity contribution in [1.82, 2.24) is 4.98 Å². The van der Waals surface area contributed by atoms with Crippen LogP contribution in [0.4, 0.5) is 4.39 Å². The highest BCUT2D eigenvalue weighted by Gasteiger charge is 2.16. The molecule has 1 aromatic carbocycles. The quantitative estimate of drug-likeness (QED) is 0.795. The van der Waals surface area contributed by atoms with E-state index in [2.05, 4.69) is 20.9 Å². The van der Waals surface area contributed by atoms with Crippen molar-refractivity contribution in [2.24, 2.45) is 0 Å². The molecule has 1 heterocycles. The zero-order valence-electron chi connectivity index (χ0n) is 9.15. The summed E-state index contributed by atoms with van der Waals surface area (Å²) in [6.45, 7) is 0. The van der Waals surface area contributed by atoms with E-state index in [0.717, 1.165) is 36.9 Å². The van der Waals surface area contributed by atoms with Gasteiger partial charge in [-0.3, -0.25) is 4.79 Å². The molecule has 0 saturated heterocycles. The highest BCUT2D eigenvalue weighted by atomic mass is 79.9. The van der Waals surface area contributed by atoms with Crippen molar-refractivity contribution in [1.29, 1.82) is 0 Å². The lowest BCUT2D eigenvalue weighted by Gasteiger charge is -2.16. The molecule has 1 N–H and O–H groups in total. The average Bonchev–Trinajstić information content (AvgIpc) is 2.32. The van der Waals surface area contributed by atoms with Gasteiger partial charge in [0.2, 0.25) is 0 Å². The lowest BCUT2D eigenvalue weighted by Crippen LogP contribution is -2.18. The third kappa shape index (κ3) is 1.71. The number of aromatic amines is 1. The van der Waals surface area contributed by atoms with Crippen LogP contribution in [0.3, 0.4) is 0 Å². The van der Waals surface area contributed by atoms with Gasteiger partial charge in [-0.2, -0.15) is 0 Å². The second kappa shape index (κ2) is 3.95. The summed E-state index contributed by atoms with van der Waals surface area (Å²) in [5.74, 6) is -0.344. The molecule has 1 aliphatic rings. The maximum atomic E-state index is 13.4. The summed E-state index contributed by atoms with van der Waals surface area (Å²) in [7, 11) is 0. The molecule has 0 fully saturated rings. The smallest absolute Gasteiger partial charge is 0.192 e. The Hall–Kier alpha value is -1.16. The van der Waals surface area contributed by atoms with Crippen molar-refractivity contribution in [3.05, 3.63) is 43.9 Å². The highest BCUT2D eigenvalue weighted by Crippen LogP contribution is 2.24. The molecule has 0 bridgehead atoms. The van der Waals surface area contributed by atoms with Gasteiger partial charge in [-0.15, -0.1) is 0 Å². The monoisotopic (exact) mass is 295 g/mol. The SMILES string of the molecule is O=c1c2c([nH]c3cc(F)c(Br)cc13)CCCC2. The summed E-state index contributed by atoms with van der Waals surface area (Å²) in [6.07, 6.45) is 3.87. The van der Waals surface area contributed by atoms with E-state index >= 15 is 0 Å². The Bertz CT molecular complexity index is 662. The fourth-order valence-corrected chi connectivity index (χ4v) is 2.80.